The summed E-state index contributed by atoms with van der Waals surface area (Å²) in [7, 11) is 0. The monoisotopic (exact) mass is 428 g/mol. The number of nitrogens with zero attached hydrogens (tertiary/aromatic N) is 2. The lowest BCUT2D eigenvalue weighted by Crippen LogP contribution is -2.24. The van der Waals surface area contributed by atoms with Gasteiger partial charge in [-0.3, -0.25) is 9.78 Å². The number of Topliss-reactive ketones (excluding diaryl/α,β-unsaturated/α-hetero) is 1. The molecule has 0 aliphatic heterocycles. The summed E-state index contributed by atoms with van der Waals surface area (Å²) in [4.78, 5) is 21.2. The maximum absolute atomic E-state index is 14.0. The molecule has 0 bridgehead atoms. The van der Waals surface area contributed by atoms with Crippen molar-refractivity contribution in [2.45, 2.75) is 44.6 Å². The van der Waals surface area contributed by atoms with Crippen molar-refractivity contribution in [1.29, 1.82) is 0 Å². The maximum atomic E-state index is 14.0. The first-order valence-corrected chi connectivity index (χ1v) is 10.8. The normalized spacial score (nSPS) is 21.5. The van der Waals surface area contributed by atoms with Crippen molar-refractivity contribution in [2.24, 2.45) is 5.92 Å². The molecule has 1 saturated carbocycles. The molecule has 2 heterocycles. The van der Waals surface area contributed by atoms with E-state index < -0.39 is 11.6 Å². The molecule has 0 unspecified atom stereocenters. The van der Waals surface area contributed by atoms with Crippen LogP contribution in [0.4, 0.5) is 8.78 Å². The number of benzene rings is 1. The molecule has 4 nitrogen and oxygen atoms in total. The molecule has 3 atom stereocenters. The Bertz CT molecular complexity index is 1040. The molecule has 4 rings (SSSR count). The molecule has 1 aliphatic carbocycles. The summed E-state index contributed by atoms with van der Waals surface area (Å²) in [6, 6.07) is 5.55. The van der Waals surface area contributed by atoms with Crippen LogP contribution in [0.5, 0.6) is 0 Å². The van der Waals surface area contributed by atoms with Crippen LogP contribution < -0.4 is 0 Å². The minimum absolute atomic E-state index is 0.104. The van der Waals surface area contributed by atoms with E-state index in [0.717, 1.165) is 35.3 Å². The van der Waals surface area contributed by atoms with Crippen molar-refractivity contribution in [3.05, 3.63) is 70.5 Å². The zero-order valence-corrected chi connectivity index (χ0v) is 17.3. The van der Waals surface area contributed by atoms with E-state index in [1.54, 1.807) is 12.4 Å². The van der Waals surface area contributed by atoms with Crippen LogP contribution in [0, 0.1) is 17.6 Å². The summed E-state index contributed by atoms with van der Waals surface area (Å²) in [6.45, 7) is 2.13. The largest absolute Gasteiger partial charge is 0.393 e. The summed E-state index contributed by atoms with van der Waals surface area (Å²) < 4.78 is 28.1. The van der Waals surface area contributed by atoms with Crippen molar-refractivity contribution in [1.82, 2.24) is 9.97 Å². The van der Waals surface area contributed by atoms with Gasteiger partial charge in [0.15, 0.2) is 5.78 Å². The highest BCUT2D eigenvalue weighted by atomic mass is 32.1. The van der Waals surface area contributed by atoms with E-state index in [1.165, 1.54) is 23.6 Å². The van der Waals surface area contributed by atoms with Gasteiger partial charge in [0.25, 0.3) is 0 Å². The number of hydrogen-bond donors (Lipinski definition) is 1. The Morgan fingerprint density at radius 2 is 1.97 bits per heavy atom. The topological polar surface area (TPSA) is 63.1 Å². The maximum Gasteiger partial charge on any atom is 0.186 e. The van der Waals surface area contributed by atoms with Crippen LogP contribution >= 0.6 is 11.3 Å². The molecule has 1 aromatic carbocycles. The van der Waals surface area contributed by atoms with E-state index in [4.69, 9.17) is 0 Å². The molecule has 2 aromatic heterocycles. The fourth-order valence-electron chi connectivity index (χ4n) is 4.29. The molecule has 1 N–H and O–H groups in total. The highest BCUT2D eigenvalue weighted by Crippen LogP contribution is 2.37. The number of hydrogen-bond acceptors (Lipinski definition) is 5. The van der Waals surface area contributed by atoms with Crippen molar-refractivity contribution in [2.75, 3.05) is 0 Å². The van der Waals surface area contributed by atoms with Gasteiger partial charge in [-0.05, 0) is 60.4 Å². The first-order chi connectivity index (χ1) is 14.4. The third kappa shape index (κ3) is 4.32. The first-order valence-electron chi connectivity index (χ1n) is 9.96. The number of rotatable bonds is 5. The van der Waals surface area contributed by atoms with Crippen LogP contribution in [-0.2, 0) is 6.42 Å². The van der Waals surface area contributed by atoms with Gasteiger partial charge < -0.3 is 5.11 Å². The van der Waals surface area contributed by atoms with E-state index in [-0.39, 0.29) is 40.5 Å². The van der Waals surface area contributed by atoms with Gasteiger partial charge in [-0.15, -0.1) is 11.3 Å². The number of aliphatic hydroxyl groups is 1. The highest BCUT2D eigenvalue weighted by Gasteiger charge is 2.28. The van der Waals surface area contributed by atoms with Gasteiger partial charge >= 0.3 is 0 Å². The molecular weight excluding hydrogens is 406 g/mol. The third-order valence-corrected chi connectivity index (χ3v) is 6.48. The van der Waals surface area contributed by atoms with Crippen LogP contribution in [-0.4, -0.2) is 27.0 Å². The SMILES string of the molecule is C[C@@H]1C[C@H](O)C[C@H](c2ccncc2CC(=O)c2csc(-c3c(F)cccc3F)n2)C1. The quantitative estimate of drug-likeness (QED) is 0.569. The molecule has 0 radical (unpaired) electrons. The van der Waals surface area contributed by atoms with Crippen LogP contribution in [0.1, 0.15) is 53.7 Å². The lowest BCUT2D eigenvalue weighted by atomic mass is 9.76. The van der Waals surface area contributed by atoms with Crippen LogP contribution in [0.3, 0.4) is 0 Å². The highest BCUT2D eigenvalue weighted by molar-refractivity contribution is 7.13. The molecule has 0 saturated heterocycles. The second-order valence-electron chi connectivity index (χ2n) is 7.97. The molecule has 0 spiro atoms. The lowest BCUT2D eigenvalue weighted by molar-refractivity contribution is 0.0942. The Kier molecular flexibility index (Phi) is 6.01. The lowest BCUT2D eigenvalue weighted by Gasteiger charge is -2.31. The smallest absolute Gasteiger partial charge is 0.186 e. The van der Waals surface area contributed by atoms with Crippen molar-refractivity contribution in [3.8, 4) is 10.6 Å². The van der Waals surface area contributed by atoms with Gasteiger partial charge in [0.05, 0.1) is 11.7 Å². The van der Waals surface area contributed by atoms with Gasteiger partial charge in [0, 0.05) is 24.2 Å². The number of aromatic nitrogens is 2. The van der Waals surface area contributed by atoms with E-state index in [1.807, 2.05) is 6.07 Å². The summed E-state index contributed by atoms with van der Waals surface area (Å²) in [5.74, 6) is -1.06. The standard InChI is InChI=1S/C23H22F2N2O2S/c1-13-7-14(9-16(28)8-13)17-5-6-26-11-15(17)10-21(29)20-12-30-23(27-20)22-18(24)3-2-4-19(22)25/h2-6,11-14,16,28H,7-10H2,1H3/t13-,14+,16-/m0/s1. The average Bonchev–Trinajstić information content (AvgIpc) is 3.17. The average molecular weight is 429 g/mol. The number of halogens is 2. The zero-order valence-electron chi connectivity index (χ0n) is 16.5. The van der Waals surface area contributed by atoms with Crippen LogP contribution in [0.2, 0.25) is 0 Å². The number of aliphatic hydroxyl groups excluding tert-OH is 1. The predicted molar refractivity (Wildman–Crippen MR) is 112 cm³/mol. The molecule has 30 heavy (non-hydrogen) atoms. The fraction of sp³-hybridized carbons (Fsp3) is 0.348. The van der Waals surface area contributed by atoms with Crippen LogP contribution in [0.25, 0.3) is 10.6 Å². The Morgan fingerprint density at radius 1 is 1.20 bits per heavy atom. The number of pyridine rings is 1. The molecule has 1 fully saturated rings. The second kappa shape index (κ2) is 8.70. The van der Waals surface area contributed by atoms with E-state index in [0.29, 0.717) is 12.3 Å². The van der Waals surface area contributed by atoms with Crippen molar-refractivity contribution < 1.29 is 18.7 Å². The zero-order chi connectivity index (χ0) is 21.3. The molecular formula is C23H22F2N2O2S. The Hall–Kier alpha value is -2.51. The predicted octanol–water partition coefficient (Wildman–Crippen LogP) is 5.17. The fourth-order valence-corrected chi connectivity index (χ4v) is 5.16. The van der Waals surface area contributed by atoms with E-state index >= 15 is 0 Å². The minimum Gasteiger partial charge on any atom is -0.393 e. The van der Waals surface area contributed by atoms with Crippen molar-refractivity contribution in [3.63, 3.8) is 0 Å². The summed E-state index contributed by atoms with van der Waals surface area (Å²) in [6.07, 6.45) is 5.57. The van der Waals surface area contributed by atoms with Gasteiger partial charge in [0.2, 0.25) is 0 Å². The van der Waals surface area contributed by atoms with Crippen molar-refractivity contribution >= 4 is 17.1 Å². The second-order valence-corrected chi connectivity index (χ2v) is 8.83. The van der Waals surface area contributed by atoms with Gasteiger partial charge in [-0.25, -0.2) is 13.8 Å². The number of thiazole rings is 1. The Morgan fingerprint density at radius 3 is 2.70 bits per heavy atom. The summed E-state index contributed by atoms with van der Waals surface area (Å²) in [5, 5.41) is 11.8. The molecule has 0 amide bonds. The third-order valence-electron chi connectivity index (χ3n) is 5.62. The summed E-state index contributed by atoms with van der Waals surface area (Å²) in [5.41, 5.74) is 1.80. The molecule has 3 aromatic rings. The van der Waals surface area contributed by atoms with Gasteiger partial charge in [-0.2, -0.15) is 0 Å². The van der Waals surface area contributed by atoms with E-state index in [2.05, 4.69) is 16.9 Å². The molecule has 7 heteroatoms. The molecule has 156 valence electrons. The Balaban J connectivity index is 1.57. The summed E-state index contributed by atoms with van der Waals surface area (Å²) >= 11 is 1.04. The van der Waals surface area contributed by atoms with Gasteiger partial charge in [-0.1, -0.05) is 13.0 Å². The molecule has 1 aliphatic rings. The van der Waals surface area contributed by atoms with Crippen LogP contribution in [0.15, 0.2) is 42.0 Å². The number of ketones is 1. The Labute approximate surface area is 177 Å². The first kappa shape index (κ1) is 20.8. The van der Waals surface area contributed by atoms with Gasteiger partial charge in [0.1, 0.15) is 22.3 Å². The minimum atomic E-state index is -0.706. The number of carbonyl (C=O) groups is 1. The number of carbonyl (C=O) groups excluding carboxylic acids is 1. The van der Waals surface area contributed by atoms with E-state index in [9.17, 15) is 18.7 Å².